The van der Waals surface area contributed by atoms with E-state index in [-0.39, 0.29) is 5.91 Å². The average Bonchev–Trinajstić information content (AvgIpc) is 3.44. The molecule has 3 aromatic rings. The van der Waals surface area contributed by atoms with Gasteiger partial charge >= 0.3 is 0 Å². The van der Waals surface area contributed by atoms with Gasteiger partial charge < -0.3 is 14.6 Å². The highest BCUT2D eigenvalue weighted by atomic mass is 16.3. The van der Waals surface area contributed by atoms with E-state index < -0.39 is 0 Å². The molecule has 2 aromatic heterocycles. The standard InChI is InChI=1S/C23H25N3O2/c27-23(11-9-20-8-10-21(28-20)19-6-2-1-3-7-19)25-17-18-12-13-24-22(16-18)26-14-4-5-15-26/h1-3,6-8,10,12-13,16H,4-5,9,11,14-15,17H2,(H,25,27). The Morgan fingerprint density at radius 2 is 1.89 bits per heavy atom. The van der Waals surface area contributed by atoms with Crippen LogP contribution in [0, 0.1) is 0 Å². The molecule has 0 spiro atoms. The first-order valence-electron chi connectivity index (χ1n) is 9.89. The summed E-state index contributed by atoms with van der Waals surface area (Å²) >= 11 is 0. The molecule has 28 heavy (non-hydrogen) atoms. The van der Waals surface area contributed by atoms with E-state index in [9.17, 15) is 4.79 Å². The summed E-state index contributed by atoms with van der Waals surface area (Å²) in [4.78, 5) is 19.0. The van der Waals surface area contributed by atoms with Crippen molar-refractivity contribution >= 4 is 11.7 Å². The summed E-state index contributed by atoms with van der Waals surface area (Å²) in [6, 6.07) is 17.9. The van der Waals surface area contributed by atoms with E-state index in [1.807, 2.05) is 54.7 Å². The molecule has 1 aliphatic rings. The van der Waals surface area contributed by atoms with Crippen molar-refractivity contribution < 1.29 is 9.21 Å². The van der Waals surface area contributed by atoms with Gasteiger partial charge in [-0.15, -0.1) is 0 Å². The summed E-state index contributed by atoms with van der Waals surface area (Å²) in [6.07, 6.45) is 5.27. The summed E-state index contributed by atoms with van der Waals surface area (Å²) in [5, 5.41) is 3.00. The molecule has 3 heterocycles. The van der Waals surface area contributed by atoms with E-state index >= 15 is 0 Å². The molecule has 1 aromatic carbocycles. The van der Waals surface area contributed by atoms with Crippen LogP contribution in [0.15, 0.2) is 65.2 Å². The third-order valence-corrected chi connectivity index (χ3v) is 5.05. The molecule has 1 saturated heterocycles. The molecule has 0 atom stereocenters. The van der Waals surface area contributed by atoms with Crippen molar-refractivity contribution in [2.75, 3.05) is 18.0 Å². The number of hydrogen-bond acceptors (Lipinski definition) is 4. The van der Waals surface area contributed by atoms with Crippen molar-refractivity contribution in [2.24, 2.45) is 0 Å². The Morgan fingerprint density at radius 3 is 2.71 bits per heavy atom. The first kappa shape index (κ1) is 18.3. The van der Waals surface area contributed by atoms with Crippen LogP contribution < -0.4 is 10.2 Å². The van der Waals surface area contributed by atoms with Crippen LogP contribution in [0.5, 0.6) is 0 Å². The maximum Gasteiger partial charge on any atom is 0.220 e. The molecular formula is C23H25N3O2. The van der Waals surface area contributed by atoms with Crippen molar-refractivity contribution in [1.29, 1.82) is 0 Å². The zero-order valence-corrected chi connectivity index (χ0v) is 15.9. The van der Waals surface area contributed by atoms with Crippen molar-refractivity contribution in [1.82, 2.24) is 10.3 Å². The molecule has 5 nitrogen and oxygen atoms in total. The quantitative estimate of drug-likeness (QED) is 0.673. The Morgan fingerprint density at radius 1 is 1.07 bits per heavy atom. The van der Waals surface area contributed by atoms with Crippen LogP contribution in [0.1, 0.15) is 30.6 Å². The predicted molar refractivity (Wildman–Crippen MR) is 110 cm³/mol. The van der Waals surface area contributed by atoms with Crippen LogP contribution in [-0.4, -0.2) is 24.0 Å². The Kier molecular flexibility index (Phi) is 5.71. The molecule has 1 N–H and O–H groups in total. The van der Waals surface area contributed by atoms with E-state index in [0.717, 1.165) is 41.6 Å². The summed E-state index contributed by atoms with van der Waals surface area (Å²) in [6.45, 7) is 2.66. The molecule has 1 aliphatic heterocycles. The number of furan rings is 1. The summed E-state index contributed by atoms with van der Waals surface area (Å²) in [7, 11) is 0. The molecular weight excluding hydrogens is 350 g/mol. The number of rotatable bonds is 7. The van der Waals surface area contributed by atoms with Gasteiger partial charge in [-0.05, 0) is 42.7 Å². The van der Waals surface area contributed by atoms with Gasteiger partial charge in [-0.3, -0.25) is 4.79 Å². The largest absolute Gasteiger partial charge is 0.461 e. The molecule has 0 bridgehead atoms. The zero-order chi connectivity index (χ0) is 19.2. The topological polar surface area (TPSA) is 58.4 Å². The third kappa shape index (κ3) is 4.60. The Labute approximate surface area is 165 Å². The highest BCUT2D eigenvalue weighted by Gasteiger charge is 2.14. The van der Waals surface area contributed by atoms with Gasteiger partial charge in [-0.2, -0.15) is 0 Å². The number of nitrogens with zero attached hydrogens (tertiary/aromatic N) is 2. The normalized spacial score (nSPS) is 13.6. The highest BCUT2D eigenvalue weighted by molar-refractivity contribution is 5.76. The number of pyridine rings is 1. The molecule has 0 radical (unpaired) electrons. The number of aromatic nitrogens is 1. The van der Waals surface area contributed by atoms with Gasteiger partial charge in [0.2, 0.25) is 5.91 Å². The number of amides is 1. The van der Waals surface area contributed by atoms with Crippen molar-refractivity contribution in [3.63, 3.8) is 0 Å². The molecule has 144 valence electrons. The number of aryl methyl sites for hydroxylation is 1. The maximum absolute atomic E-state index is 12.2. The SMILES string of the molecule is O=C(CCc1ccc(-c2ccccc2)o1)NCc1ccnc(N2CCCC2)c1. The number of nitrogens with one attached hydrogen (secondary N) is 1. The second kappa shape index (κ2) is 8.74. The van der Waals surface area contributed by atoms with Crippen LogP contribution >= 0.6 is 0 Å². The fourth-order valence-corrected chi connectivity index (χ4v) is 3.49. The van der Waals surface area contributed by atoms with Crippen molar-refractivity contribution in [3.05, 3.63) is 72.1 Å². The summed E-state index contributed by atoms with van der Waals surface area (Å²) in [5.41, 5.74) is 2.12. The van der Waals surface area contributed by atoms with Gasteiger partial charge in [0.15, 0.2) is 0 Å². The van der Waals surface area contributed by atoms with Gasteiger partial charge in [-0.1, -0.05) is 30.3 Å². The molecule has 0 unspecified atom stereocenters. The van der Waals surface area contributed by atoms with Crippen LogP contribution in [-0.2, 0) is 17.8 Å². The van der Waals surface area contributed by atoms with Crippen LogP contribution in [0.3, 0.4) is 0 Å². The smallest absolute Gasteiger partial charge is 0.220 e. The molecule has 1 amide bonds. The molecule has 1 fully saturated rings. The zero-order valence-electron chi connectivity index (χ0n) is 15.9. The van der Waals surface area contributed by atoms with Gasteiger partial charge in [0, 0.05) is 44.2 Å². The van der Waals surface area contributed by atoms with Crippen LogP contribution in [0.4, 0.5) is 5.82 Å². The van der Waals surface area contributed by atoms with E-state index in [4.69, 9.17) is 4.42 Å². The van der Waals surface area contributed by atoms with E-state index in [0.29, 0.717) is 19.4 Å². The third-order valence-electron chi connectivity index (χ3n) is 5.05. The molecule has 5 heteroatoms. The lowest BCUT2D eigenvalue weighted by molar-refractivity contribution is -0.121. The number of anilines is 1. The minimum atomic E-state index is 0.0252. The van der Waals surface area contributed by atoms with Gasteiger partial charge in [0.1, 0.15) is 17.3 Å². The van der Waals surface area contributed by atoms with Crippen LogP contribution in [0.2, 0.25) is 0 Å². The number of benzene rings is 1. The van der Waals surface area contributed by atoms with Crippen molar-refractivity contribution in [3.8, 4) is 11.3 Å². The fraction of sp³-hybridized carbons (Fsp3) is 0.304. The fourth-order valence-electron chi connectivity index (χ4n) is 3.49. The number of carbonyl (C=O) groups excluding carboxylic acids is 1. The Balaban J connectivity index is 1.26. The van der Waals surface area contributed by atoms with Gasteiger partial charge in [0.25, 0.3) is 0 Å². The lowest BCUT2D eigenvalue weighted by Crippen LogP contribution is -2.23. The lowest BCUT2D eigenvalue weighted by Gasteiger charge is -2.17. The Hall–Kier alpha value is -3.08. The Bertz CT molecular complexity index is 914. The monoisotopic (exact) mass is 375 g/mol. The molecule has 0 aliphatic carbocycles. The van der Waals surface area contributed by atoms with E-state index in [1.54, 1.807) is 0 Å². The van der Waals surface area contributed by atoms with E-state index in [1.165, 1.54) is 12.8 Å². The first-order valence-corrected chi connectivity index (χ1v) is 9.89. The average molecular weight is 375 g/mol. The minimum Gasteiger partial charge on any atom is -0.461 e. The predicted octanol–water partition coefficient (Wildman–Crippen LogP) is 4.19. The summed E-state index contributed by atoms with van der Waals surface area (Å²) in [5.74, 6) is 2.70. The van der Waals surface area contributed by atoms with Gasteiger partial charge in [0.05, 0.1) is 0 Å². The second-order valence-electron chi connectivity index (χ2n) is 7.13. The minimum absolute atomic E-state index is 0.0252. The molecule has 4 rings (SSSR count). The first-order chi connectivity index (χ1) is 13.8. The maximum atomic E-state index is 12.2. The van der Waals surface area contributed by atoms with Gasteiger partial charge in [-0.25, -0.2) is 4.98 Å². The highest BCUT2D eigenvalue weighted by Crippen LogP contribution is 2.22. The summed E-state index contributed by atoms with van der Waals surface area (Å²) < 4.78 is 5.86. The van der Waals surface area contributed by atoms with Crippen molar-refractivity contribution in [2.45, 2.75) is 32.2 Å². The van der Waals surface area contributed by atoms with E-state index in [2.05, 4.69) is 21.3 Å². The number of carbonyl (C=O) groups is 1. The van der Waals surface area contributed by atoms with Crippen LogP contribution in [0.25, 0.3) is 11.3 Å². The second-order valence-corrected chi connectivity index (χ2v) is 7.13. The lowest BCUT2D eigenvalue weighted by atomic mass is 10.2. The molecule has 0 saturated carbocycles. The number of hydrogen-bond donors (Lipinski definition) is 1.